The molecule has 1 fully saturated rings. The minimum atomic E-state index is 0.642. The fraction of sp³-hybridized carbons (Fsp3) is 0.786. The molecule has 2 nitrogen and oxygen atoms in total. The van der Waals surface area contributed by atoms with Gasteiger partial charge in [-0.25, -0.2) is 4.98 Å². The fourth-order valence-corrected chi connectivity index (χ4v) is 5.36. The summed E-state index contributed by atoms with van der Waals surface area (Å²) in [6.07, 6.45) is 2.66. The van der Waals surface area contributed by atoms with Crippen LogP contribution in [0.5, 0.6) is 0 Å². The number of rotatable bonds is 4. The van der Waals surface area contributed by atoms with Crippen LogP contribution in [0.4, 0.5) is 0 Å². The van der Waals surface area contributed by atoms with Gasteiger partial charge in [0, 0.05) is 22.4 Å². The van der Waals surface area contributed by atoms with Crippen molar-refractivity contribution in [2.75, 3.05) is 6.54 Å². The van der Waals surface area contributed by atoms with E-state index in [2.05, 4.69) is 43.4 Å². The number of thioether (sulfide) groups is 1. The Bertz CT molecular complexity index is 378. The highest BCUT2D eigenvalue weighted by atomic mass is 32.2. The summed E-state index contributed by atoms with van der Waals surface area (Å²) in [5.41, 5.74) is 1.15. The standard InChI is InChI=1S/C14H24N2S2/c1-5-15-12-7-9(2)6-10(3)13(12)18-14-16-11(4)8-17-14/h8-10,12-13,15H,5-7H2,1-4H3. The van der Waals surface area contributed by atoms with Crippen LogP contribution >= 0.6 is 23.1 Å². The van der Waals surface area contributed by atoms with Crippen LogP contribution in [0.3, 0.4) is 0 Å². The van der Waals surface area contributed by atoms with Gasteiger partial charge in [0.2, 0.25) is 0 Å². The van der Waals surface area contributed by atoms with E-state index < -0.39 is 0 Å². The largest absolute Gasteiger partial charge is 0.313 e. The second-order valence-corrected chi connectivity index (χ2v) is 7.84. The number of hydrogen-bond donors (Lipinski definition) is 1. The van der Waals surface area contributed by atoms with Gasteiger partial charge >= 0.3 is 0 Å². The summed E-state index contributed by atoms with van der Waals surface area (Å²) in [4.78, 5) is 4.61. The molecule has 102 valence electrons. The van der Waals surface area contributed by atoms with Crippen molar-refractivity contribution in [2.24, 2.45) is 11.8 Å². The van der Waals surface area contributed by atoms with Crippen LogP contribution < -0.4 is 5.32 Å². The fourth-order valence-electron chi connectivity index (χ4n) is 2.99. The Morgan fingerprint density at radius 1 is 1.44 bits per heavy atom. The first-order valence-corrected chi connectivity index (χ1v) is 8.68. The molecule has 1 saturated carbocycles. The molecule has 0 radical (unpaired) electrons. The summed E-state index contributed by atoms with van der Waals surface area (Å²) in [6.45, 7) is 10.1. The van der Waals surface area contributed by atoms with E-state index in [0.717, 1.165) is 24.1 Å². The lowest BCUT2D eigenvalue weighted by molar-refractivity contribution is 0.251. The maximum Gasteiger partial charge on any atom is 0.150 e. The van der Waals surface area contributed by atoms with Crippen LogP contribution in [0.2, 0.25) is 0 Å². The van der Waals surface area contributed by atoms with Gasteiger partial charge in [-0.15, -0.1) is 11.3 Å². The maximum atomic E-state index is 4.61. The van der Waals surface area contributed by atoms with Crippen molar-refractivity contribution in [1.29, 1.82) is 0 Å². The molecule has 1 aliphatic rings. The third-order valence-corrected chi connectivity index (χ3v) is 6.38. The number of aryl methyl sites for hydroxylation is 1. The topological polar surface area (TPSA) is 24.9 Å². The Kier molecular flexibility index (Phi) is 5.10. The molecule has 0 spiro atoms. The summed E-state index contributed by atoms with van der Waals surface area (Å²) in [5.74, 6) is 1.62. The first kappa shape index (κ1) is 14.4. The van der Waals surface area contributed by atoms with E-state index in [4.69, 9.17) is 0 Å². The van der Waals surface area contributed by atoms with Crippen LogP contribution in [0.15, 0.2) is 9.72 Å². The van der Waals surface area contributed by atoms with Crippen molar-refractivity contribution in [1.82, 2.24) is 10.3 Å². The van der Waals surface area contributed by atoms with Crippen LogP contribution in [0.1, 0.15) is 39.3 Å². The molecule has 1 heterocycles. The number of nitrogens with zero attached hydrogens (tertiary/aromatic N) is 1. The van der Waals surface area contributed by atoms with E-state index in [1.54, 1.807) is 11.3 Å². The van der Waals surface area contributed by atoms with Crippen molar-refractivity contribution < 1.29 is 0 Å². The zero-order valence-electron chi connectivity index (χ0n) is 11.8. The molecule has 0 amide bonds. The summed E-state index contributed by atoms with van der Waals surface area (Å²) in [7, 11) is 0. The molecule has 2 rings (SSSR count). The van der Waals surface area contributed by atoms with Gasteiger partial charge in [-0.05, 0) is 38.1 Å². The maximum absolute atomic E-state index is 4.61. The Balaban J connectivity index is 2.06. The number of nitrogens with one attached hydrogen (secondary N) is 1. The molecule has 1 aromatic heterocycles. The van der Waals surface area contributed by atoms with Gasteiger partial charge in [0.05, 0.1) is 0 Å². The van der Waals surface area contributed by atoms with E-state index in [0.29, 0.717) is 11.3 Å². The molecule has 0 aliphatic heterocycles. The number of hydrogen-bond acceptors (Lipinski definition) is 4. The minimum absolute atomic E-state index is 0.642. The highest BCUT2D eigenvalue weighted by Crippen LogP contribution is 2.40. The molecule has 0 bridgehead atoms. The average Bonchev–Trinajstić information content (AvgIpc) is 2.69. The van der Waals surface area contributed by atoms with Crippen LogP contribution in [0.25, 0.3) is 0 Å². The monoisotopic (exact) mass is 284 g/mol. The molecule has 4 atom stereocenters. The van der Waals surface area contributed by atoms with Crippen LogP contribution in [-0.4, -0.2) is 22.8 Å². The van der Waals surface area contributed by atoms with Crippen LogP contribution in [-0.2, 0) is 0 Å². The molecule has 0 aromatic carbocycles. The zero-order chi connectivity index (χ0) is 13.1. The van der Waals surface area contributed by atoms with E-state index in [-0.39, 0.29) is 0 Å². The van der Waals surface area contributed by atoms with Crippen molar-refractivity contribution in [3.05, 3.63) is 11.1 Å². The average molecular weight is 284 g/mol. The summed E-state index contributed by atoms with van der Waals surface area (Å²) in [6, 6.07) is 0.642. The second kappa shape index (κ2) is 6.40. The molecular formula is C14H24N2S2. The van der Waals surface area contributed by atoms with E-state index >= 15 is 0 Å². The molecule has 1 N–H and O–H groups in total. The smallest absolute Gasteiger partial charge is 0.150 e. The SMILES string of the molecule is CCNC1CC(C)CC(C)C1Sc1nc(C)cs1. The van der Waals surface area contributed by atoms with Crippen molar-refractivity contribution in [3.8, 4) is 0 Å². The lowest BCUT2D eigenvalue weighted by Gasteiger charge is -2.39. The summed E-state index contributed by atoms with van der Waals surface area (Å²) >= 11 is 3.78. The molecule has 1 aliphatic carbocycles. The molecule has 4 unspecified atom stereocenters. The van der Waals surface area contributed by atoms with Crippen molar-refractivity contribution in [2.45, 2.75) is 56.2 Å². The van der Waals surface area contributed by atoms with Gasteiger partial charge in [0.1, 0.15) is 4.34 Å². The Hall–Kier alpha value is -0.0600. The van der Waals surface area contributed by atoms with Crippen molar-refractivity contribution >= 4 is 23.1 Å². The van der Waals surface area contributed by atoms with E-state index in [1.807, 2.05) is 11.8 Å². The van der Waals surface area contributed by atoms with Gasteiger partial charge in [-0.2, -0.15) is 0 Å². The van der Waals surface area contributed by atoms with Gasteiger partial charge in [0.15, 0.2) is 0 Å². The van der Waals surface area contributed by atoms with Crippen LogP contribution in [0, 0.1) is 18.8 Å². The lowest BCUT2D eigenvalue weighted by atomic mass is 9.80. The second-order valence-electron chi connectivity index (χ2n) is 5.56. The third-order valence-electron chi connectivity index (χ3n) is 3.69. The quantitative estimate of drug-likeness (QED) is 0.906. The molecule has 18 heavy (non-hydrogen) atoms. The van der Waals surface area contributed by atoms with Gasteiger partial charge in [-0.3, -0.25) is 0 Å². The third kappa shape index (κ3) is 3.49. The van der Waals surface area contributed by atoms with Gasteiger partial charge in [0.25, 0.3) is 0 Å². The highest BCUT2D eigenvalue weighted by molar-refractivity contribution is 8.01. The minimum Gasteiger partial charge on any atom is -0.313 e. The van der Waals surface area contributed by atoms with Crippen molar-refractivity contribution in [3.63, 3.8) is 0 Å². The molecule has 0 saturated heterocycles. The molecule has 1 aromatic rings. The summed E-state index contributed by atoms with van der Waals surface area (Å²) in [5, 5.41) is 6.50. The van der Waals surface area contributed by atoms with E-state index in [1.165, 1.54) is 17.2 Å². The Morgan fingerprint density at radius 3 is 2.83 bits per heavy atom. The predicted octanol–water partition coefficient (Wildman–Crippen LogP) is 3.96. The molecule has 4 heteroatoms. The zero-order valence-corrected chi connectivity index (χ0v) is 13.4. The highest BCUT2D eigenvalue weighted by Gasteiger charge is 2.34. The van der Waals surface area contributed by atoms with Gasteiger partial charge in [-0.1, -0.05) is 32.5 Å². The predicted molar refractivity (Wildman–Crippen MR) is 81.5 cm³/mol. The Labute approximate surface area is 119 Å². The Morgan fingerprint density at radius 2 is 2.22 bits per heavy atom. The molecular weight excluding hydrogens is 260 g/mol. The van der Waals surface area contributed by atoms with E-state index in [9.17, 15) is 0 Å². The number of aromatic nitrogens is 1. The first-order valence-electron chi connectivity index (χ1n) is 6.92. The van der Waals surface area contributed by atoms with Gasteiger partial charge < -0.3 is 5.32 Å². The lowest BCUT2D eigenvalue weighted by Crippen LogP contribution is -2.46. The first-order chi connectivity index (χ1) is 8.60. The summed E-state index contributed by atoms with van der Waals surface area (Å²) < 4.78 is 1.24. The normalized spacial score (nSPS) is 32.7. The number of thiazole rings is 1.